The summed E-state index contributed by atoms with van der Waals surface area (Å²) in [5, 5.41) is 4.19. The van der Waals surface area contributed by atoms with Crippen molar-refractivity contribution in [1.29, 1.82) is 0 Å². The average molecular weight is 428 g/mol. The topological polar surface area (TPSA) is 59.7 Å². The molecular formula is C21H15CoNaO3P. The molecule has 0 unspecified atom stereocenters. The first kappa shape index (κ1) is 30.5. The van der Waals surface area contributed by atoms with Crippen LogP contribution >= 0.6 is 7.92 Å². The van der Waals surface area contributed by atoms with E-state index in [0.29, 0.717) is 0 Å². The van der Waals surface area contributed by atoms with Gasteiger partial charge in [0.25, 0.3) is 0 Å². The minimum atomic E-state index is -0.446. The van der Waals surface area contributed by atoms with Crippen molar-refractivity contribution in [2.24, 2.45) is 0 Å². The summed E-state index contributed by atoms with van der Waals surface area (Å²) in [7, 11) is -0.446. The number of rotatable bonds is 3. The van der Waals surface area contributed by atoms with Gasteiger partial charge in [0.15, 0.2) is 0 Å². The Hall–Kier alpha value is -1.18. The Morgan fingerprint density at radius 1 is 0.444 bits per heavy atom. The van der Waals surface area contributed by atoms with Crippen LogP contribution in [0.3, 0.4) is 0 Å². The molecule has 3 rings (SSSR count). The Balaban J connectivity index is -0.000000659. The Labute approximate surface area is 194 Å². The van der Waals surface area contributed by atoms with Gasteiger partial charge in [0.2, 0.25) is 0 Å². The Bertz CT molecular complexity index is 655. The first-order chi connectivity index (χ1) is 12.4. The molecule has 0 atom stereocenters. The minimum absolute atomic E-state index is 0. The summed E-state index contributed by atoms with van der Waals surface area (Å²) in [5.74, 6) is 0. The van der Waals surface area contributed by atoms with Crippen molar-refractivity contribution in [2.45, 2.75) is 0 Å². The molecule has 0 aliphatic carbocycles. The molecule has 2 radical (unpaired) electrons. The molecule has 0 bridgehead atoms. The van der Waals surface area contributed by atoms with Crippen LogP contribution in [-0.2, 0) is 30.7 Å². The third-order valence-corrected chi connectivity index (χ3v) is 5.49. The second-order valence-electron chi connectivity index (χ2n) is 4.34. The Kier molecular flexibility index (Phi) is 23.9. The van der Waals surface area contributed by atoms with Crippen LogP contribution in [0.15, 0.2) is 91.0 Å². The predicted molar refractivity (Wildman–Crippen MR) is 103 cm³/mol. The molecule has 0 aliphatic heterocycles. The van der Waals surface area contributed by atoms with Crippen LogP contribution in [0.25, 0.3) is 0 Å². The molecule has 0 saturated heterocycles. The molecule has 0 aliphatic rings. The molecule has 0 fully saturated rings. The van der Waals surface area contributed by atoms with Crippen LogP contribution in [0.2, 0.25) is 0 Å². The summed E-state index contributed by atoms with van der Waals surface area (Å²) < 4.78 is 22.5. The van der Waals surface area contributed by atoms with Gasteiger partial charge in [0, 0.05) is 46.3 Å². The quantitative estimate of drug-likeness (QED) is 0.267. The van der Waals surface area contributed by atoms with Gasteiger partial charge in [-0.3, -0.25) is 0 Å². The zero-order valence-corrected chi connectivity index (χ0v) is 18.6. The van der Waals surface area contributed by atoms with Crippen molar-refractivity contribution in [3.05, 3.63) is 111 Å². The standard InChI is InChI=1S/C18H15P.3CO.Co.Na/c1-4-10-16(11-5-1)19(17-12-6-2-7-13-17)18-14-8-3-9-15-18;3*1-2;;/h1-15H;;;;;. The summed E-state index contributed by atoms with van der Waals surface area (Å²) in [4.78, 5) is 0. The van der Waals surface area contributed by atoms with Crippen LogP contribution in [0.5, 0.6) is 0 Å². The Morgan fingerprint density at radius 3 is 0.815 bits per heavy atom. The maximum atomic E-state index is 7.50. The molecule has 3 aromatic rings. The van der Waals surface area contributed by atoms with Crippen molar-refractivity contribution < 1.29 is 30.7 Å². The maximum absolute atomic E-state index is 7.50. The second-order valence-corrected chi connectivity index (χ2v) is 6.56. The number of hydrogen-bond acceptors (Lipinski definition) is 0. The zero-order chi connectivity index (χ0) is 18.9. The number of hydrogen-bond donors (Lipinski definition) is 0. The van der Waals surface area contributed by atoms with Crippen LogP contribution in [0.1, 0.15) is 0 Å². The van der Waals surface area contributed by atoms with E-state index in [4.69, 9.17) is 14.0 Å². The molecule has 0 amide bonds. The normalized spacial score (nSPS) is 7.67. The van der Waals surface area contributed by atoms with Crippen LogP contribution in [-0.4, -0.2) is 29.6 Å². The van der Waals surface area contributed by atoms with E-state index in [1.807, 2.05) is 0 Å². The van der Waals surface area contributed by atoms with E-state index >= 15 is 0 Å². The molecule has 0 saturated carbocycles. The van der Waals surface area contributed by atoms with E-state index in [-0.39, 0.29) is 46.3 Å². The third kappa shape index (κ3) is 10.7. The van der Waals surface area contributed by atoms with E-state index in [9.17, 15) is 0 Å². The van der Waals surface area contributed by atoms with E-state index in [0.717, 1.165) is 0 Å². The van der Waals surface area contributed by atoms with Crippen molar-refractivity contribution in [3.8, 4) is 0 Å². The average Bonchev–Trinajstić information content (AvgIpc) is 2.75. The smallest absolute Gasteiger partial charge is 0 e. The molecule has 0 aromatic heterocycles. The molecule has 0 spiro atoms. The van der Waals surface area contributed by atoms with Crippen molar-refractivity contribution in [1.82, 2.24) is 0 Å². The van der Waals surface area contributed by atoms with E-state index < -0.39 is 7.92 Å². The van der Waals surface area contributed by atoms with Gasteiger partial charge in [-0.25, -0.2) is 0 Å². The van der Waals surface area contributed by atoms with Gasteiger partial charge in [0.1, 0.15) is 0 Å². The van der Waals surface area contributed by atoms with Crippen molar-refractivity contribution in [3.63, 3.8) is 0 Å². The number of benzene rings is 3. The summed E-state index contributed by atoms with van der Waals surface area (Å²) >= 11 is 0. The second kappa shape index (κ2) is 21.1. The third-order valence-electron chi connectivity index (χ3n) is 3.04. The SMILES string of the molecule is [C-]#[O+].[C-]#[O+].[C-]#[O+].[Co].[Na].c1ccc(P(c2ccccc2)c2ccccc2)cc1. The molecule has 27 heavy (non-hydrogen) atoms. The summed E-state index contributed by atoms with van der Waals surface area (Å²) in [6.07, 6.45) is 0. The maximum Gasteiger partial charge on any atom is 0 e. The van der Waals surface area contributed by atoms with E-state index in [2.05, 4.69) is 111 Å². The molecule has 132 valence electrons. The molecular weight excluding hydrogens is 413 g/mol. The van der Waals surface area contributed by atoms with Crippen molar-refractivity contribution >= 4 is 53.4 Å². The van der Waals surface area contributed by atoms with Crippen molar-refractivity contribution in [2.75, 3.05) is 0 Å². The molecule has 0 heterocycles. The monoisotopic (exact) mass is 428 g/mol. The van der Waals surface area contributed by atoms with Crippen LogP contribution < -0.4 is 15.9 Å². The summed E-state index contributed by atoms with van der Waals surface area (Å²) in [5.41, 5.74) is 0. The summed E-state index contributed by atoms with van der Waals surface area (Å²) in [6, 6.07) is 32.3. The van der Waals surface area contributed by atoms with Crippen LogP contribution in [0.4, 0.5) is 0 Å². The fourth-order valence-corrected chi connectivity index (χ4v) is 4.48. The van der Waals surface area contributed by atoms with Gasteiger partial charge in [-0.05, 0) is 23.8 Å². The molecule has 3 nitrogen and oxygen atoms in total. The van der Waals surface area contributed by atoms with Gasteiger partial charge < -0.3 is 0 Å². The predicted octanol–water partition coefficient (Wildman–Crippen LogP) is 2.95. The summed E-state index contributed by atoms with van der Waals surface area (Å²) in [6.45, 7) is 13.5. The van der Waals surface area contributed by atoms with Gasteiger partial charge in [-0.1, -0.05) is 91.0 Å². The van der Waals surface area contributed by atoms with Gasteiger partial charge in [-0.15, -0.1) is 0 Å². The Morgan fingerprint density at radius 2 is 0.630 bits per heavy atom. The van der Waals surface area contributed by atoms with Crippen LogP contribution in [0, 0.1) is 20.0 Å². The molecule has 6 heteroatoms. The first-order valence-corrected chi connectivity index (χ1v) is 8.36. The van der Waals surface area contributed by atoms with Gasteiger partial charge in [0.05, 0.1) is 0 Å². The fraction of sp³-hybridized carbons (Fsp3) is 0. The van der Waals surface area contributed by atoms with E-state index in [1.165, 1.54) is 15.9 Å². The largest absolute Gasteiger partial charge is 0.0622 e. The zero-order valence-electron chi connectivity index (χ0n) is 14.7. The molecule has 3 aromatic carbocycles. The van der Waals surface area contributed by atoms with Gasteiger partial charge >= 0.3 is 33.9 Å². The van der Waals surface area contributed by atoms with E-state index in [1.54, 1.807) is 0 Å². The first-order valence-electron chi connectivity index (χ1n) is 7.02. The molecule has 0 N–H and O–H groups in total. The fourth-order valence-electron chi connectivity index (χ4n) is 2.18. The minimum Gasteiger partial charge on any atom is -0.0622 e. The van der Waals surface area contributed by atoms with Gasteiger partial charge in [-0.2, -0.15) is 0 Å².